The van der Waals surface area contributed by atoms with Gasteiger partial charge in [0, 0.05) is 11.6 Å². The van der Waals surface area contributed by atoms with Gasteiger partial charge < -0.3 is 20.7 Å². The van der Waals surface area contributed by atoms with Crippen molar-refractivity contribution in [3.8, 4) is 5.75 Å². The highest BCUT2D eigenvalue weighted by Gasteiger charge is 2.09. The third-order valence-electron chi connectivity index (χ3n) is 3.42. The lowest BCUT2D eigenvalue weighted by atomic mass is 10.1. The Hall–Kier alpha value is -2.73. The molecule has 0 unspecified atom stereocenters. The Morgan fingerprint density at radius 3 is 2.48 bits per heavy atom. The number of amides is 3. The second-order valence-electron chi connectivity index (χ2n) is 5.41. The summed E-state index contributed by atoms with van der Waals surface area (Å²) in [5, 5.41) is 8.31. The number of urea groups is 1. The molecule has 0 heterocycles. The minimum atomic E-state index is -0.422. The first kappa shape index (κ1) is 18.6. The standard InChI is InChI=1S/C18H20ClN3O3/c1-12-3-5-13(6-4-12)10-20-18(24)21-11-17(23)22-15-9-14(19)7-8-16(15)25-2/h3-9H,10-11H2,1-2H3,(H,22,23)(H2,20,21,24). The van der Waals surface area contributed by atoms with E-state index in [1.54, 1.807) is 18.2 Å². The van der Waals surface area contributed by atoms with E-state index in [-0.39, 0.29) is 12.5 Å². The highest BCUT2D eigenvalue weighted by atomic mass is 35.5. The second kappa shape index (κ2) is 8.94. The molecule has 6 nitrogen and oxygen atoms in total. The van der Waals surface area contributed by atoms with Crippen LogP contribution < -0.4 is 20.7 Å². The number of benzene rings is 2. The number of nitrogens with one attached hydrogen (secondary N) is 3. The number of methoxy groups -OCH3 is 1. The van der Waals surface area contributed by atoms with Gasteiger partial charge in [0.05, 0.1) is 19.3 Å². The molecule has 0 saturated heterocycles. The third kappa shape index (κ3) is 6.00. The van der Waals surface area contributed by atoms with Gasteiger partial charge in [-0.15, -0.1) is 0 Å². The Morgan fingerprint density at radius 1 is 1.08 bits per heavy atom. The van der Waals surface area contributed by atoms with E-state index in [2.05, 4.69) is 16.0 Å². The molecule has 0 fully saturated rings. The number of hydrogen-bond donors (Lipinski definition) is 3. The van der Waals surface area contributed by atoms with Crippen LogP contribution in [0.25, 0.3) is 0 Å². The fourth-order valence-electron chi connectivity index (χ4n) is 2.08. The minimum Gasteiger partial charge on any atom is -0.495 e. The zero-order valence-corrected chi connectivity index (χ0v) is 14.8. The number of anilines is 1. The zero-order chi connectivity index (χ0) is 18.2. The van der Waals surface area contributed by atoms with Crippen LogP contribution in [0.5, 0.6) is 5.75 Å². The van der Waals surface area contributed by atoms with Gasteiger partial charge in [-0.1, -0.05) is 41.4 Å². The molecule has 0 spiro atoms. The topological polar surface area (TPSA) is 79.5 Å². The fraction of sp³-hybridized carbons (Fsp3) is 0.222. The van der Waals surface area contributed by atoms with Gasteiger partial charge in [-0.05, 0) is 30.7 Å². The maximum atomic E-state index is 12.0. The van der Waals surface area contributed by atoms with Gasteiger partial charge in [0.1, 0.15) is 5.75 Å². The summed E-state index contributed by atoms with van der Waals surface area (Å²) in [6.45, 7) is 2.21. The smallest absolute Gasteiger partial charge is 0.315 e. The first-order chi connectivity index (χ1) is 12.0. The average Bonchev–Trinajstić information content (AvgIpc) is 2.59. The normalized spacial score (nSPS) is 10.0. The average molecular weight is 362 g/mol. The highest BCUT2D eigenvalue weighted by molar-refractivity contribution is 6.31. The first-order valence-corrected chi connectivity index (χ1v) is 8.06. The summed E-state index contributed by atoms with van der Waals surface area (Å²) in [5.41, 5.74) is 2.58. The molecule has 3 N–H and O–H groups in total. The maximum absolute atomic E-state index is 12.0. The summed E-state index contributed by atoms with van der Waals surface area (Å²) in [6, 6.07) is 12.3. The molecule has 0 atom stereocenters. The number of halogens is 1. The van der Waals surface area contributed by atoms with Crippen molar-refractivity contribution in [2.45, 2.75) is 13.5 Å². The number of carbonyl (C=O) groups excluding carboxylic acids is 2. The molecule has 0 aliphatic carbocycles. The van der Waals surface area contributed by atoms with Crippen molar-refractivity contribution in [3.63, 3.8) is 0 Å². The van der Waals surface area contributed by atoms with Gasteiger partial charge >= 0.3 is 6.03 Å². The van der Waals surface area contributed by atoms with Crippen molar-refractivity contribution in [1.29, 1.82) is 0 Å². The highest BCUT2D eigenvalue weighted by Crippen LogP contribution is 2.27. The number of aryl methyl sites for hydroxylation is 1. The lowest BCUT2D eigenvalue weighted by Gasteiger charge is -2.11. The van der Waals surface area contributed by atoms with Crippen molar-refractivity contribution in [2.75, 3.05) is 19.0 Å². The predicted octanol–water partition coefficient (Wildman–Crippen LogP) is 3.09. The van der Waals surface area contributed by atoms with E-state index >= 15 is 0 Å². The molecule has 0 aromatic heterocycles. The molecule has 0 saturated carbocycles. The summed E-state index contributed by atoms with van der Waals surface area (Å²) in [4.78, 5) is 23.7. The number of hydrogen-bond acceptors (Lipinski definition) is 3. The van der Waals surface area contributed by atoms with Crippen LogP contribution in [-0.2, 0) is 11.3 Å². The Kier molecular flexibility index (Phi) is 6.65. The molecule has 2 aromatic carbocycles. The van der Waals surface area contributed by atoms with Crippen molar-refractivity contribution in [3.05, 3.63) is 58.6 Å². The molecule has 132 valence electrons. The lowest BCUT2D eigenvalue weighted by Crippen LogP contribution is -2.39. The molecule has 0 radical (unpaired) electrons. The Morgan fingerprint density at radius 2 is 1.80 bits per heavy atom. The van der Waals surface area contributed by atoms with Crippen molar-refractivity contribution < 1.29 is 14.3 Å². The van der Waals surface area contributed by atoms with Crippen LogP contribution in [0.15, 0.2) is 42.5 Å². The third-order valence-corrected chi connectivity index (χ3v) is 3.65. The molecule has 25 heavy (non-hydrogen) atoms. The largest absolute Gasteiger partial charge is 0.495 e. The van der Waals surface area contributed by atoms with Crippen LogP contribution in [0, 0.1) is 6.92 Å². The van der Waals surface area contributed by atoms with E-state index in [4.69, 9.17) is 16.3 Å². The van der Waals surface area contributed by atoms with Crippen LogP contribution in [0.2, 0.25) is 5.02 Å². The van der Waals surface area contributed by atoms with Crippen LogP contribution in [0.1, 0.15) is 11.1 Å². The SMILES string of the molecule is COc1ccc(Cl)cc1NC(=O)CNC(=O)NCc1ccc(C)cc1. The zero-order valence-electron chi connectivity index (χ0n) is 14.1. The monoisotopic (exact) mass is 361 g/mol. The molecule has 0 bridgehead atoms. The molecule has 7 heteroatoms. The van der Waals surface area contributed by atoms with Gasteiger partial charge in [-0.2, -0.15) is 0 Å². The number of ether oxygens (including phenoxy) is 1. The summed E-state index contributed by atoms with van der Waals surface area (Å²) < 4.78 is 5.15. The molecular formula is C18H20ClN3O3. The molecule has 2 rings (SSSR count). The first-order valence-electron chi connectivity index (χ1n) is 7.68. The van der Waals surface area contributed by atoms with E-state index in [9.17, 15) is 9.59 Å². The van der Waals surface area contributed by atoms with E-state index < -0.39 is 6.03 Å². The van der Waals surface area contributed by atoms with E-state index in [1.165, 1.54) is 7.11 Å². The lowest BCUT2D eigenvalue weighted by molar-refractivity contribution is -0.115. The van der Waals surface area contributed by atoms with Crippen LogP contribution in [-0.4, -0.2) is 25.6 Å². The van der Waals surface area contributed by atoms with E-state index in [0.717, 1.165) is 11.1 Å². The van der Waals surface area contributed by atoms with Crippen LogP contribution >= 0.6 is 11.6 Å². The minimum absolute atomic E-state index is 0.171. The maximum Gasteiger partial charge on any atom is 0.315 e. The van der Waals surface area contributed by atoms with Crippen molar-refractivity contribution >= 4 is 29.2 Å². The summed E-state index contributed by atoms with van der Waals surface area (Å²) in [6.07, 6.45) is 0. The van der Waals surface area contributed by atoms with Gasteiger partial charge in [0.2, 0.25) is 5.91 Å². The van der Waals surface area contributed by atoms with Crippen LogP contribution in [0.3, 0.4) is 0 Å². The second-order valence-corrected chi connectivity index (χ2v) is 5.85. The Labute approximate surface area is 151 Å². The number of carbonyl (C=O) groups is 2. The quantitative estimate of drug-likeness (QED) is 0.739. The Bertz CT molecular complexity index is 748. The van der Waals surface area contributed by atoms with E-state index in [0.29, 0.717) is 23.0 Å². The van der Waals surface area contributed by atoms with Crippen molar-refractivity contribution in [2.24, 2.45) is 0 Å². The summed E-state index contributed by atoms with van der Waals surface area (Å²) in [5.74, 6) is 0.104. The summed E-state index contributed by atoms with van der Waals surface area (Å²) >= 11 is 5.91. The molecule has 2 aromatic rings. The van der Waals surface area contributed by atoms with E-state index in [1.807, 2.05) is 31.2 Å². The fourth-order valence-corrected chi connectivity index (χ4v) is 2.26. The summed E-state index contributed by atoms with van der Waals surface area (Å²) in [7, 11) is 1.50. The molecular weight excluding hydrogens is 342 g/mol. The predicted molar refractivity (Wildman–Crippen MR) is 98.1 cm³/mol. The molecule has 0 aliphatic rings. The molecule has 3 amide bonds. The van der Waals surface area contributed by atoms with Gasteiger partial charge in [-0.3, -0.25) is 4.79 Å². The van der Waals surface area contributed by atoms with Gasteiger partial charge in [0.25, 0.3) is 0 Å². The van der Waals surface area contributed by atoms with Gasteiger partial charge in [-0.25, -0.2) is 4.79 Å². The van der Waals surface area contributed by atoms with Crippen LogP contribution in [0.4, 0.5) is 10.5 Å². The van der Waals surface area contributed by atoms with Gasteiger partial charge in [0.15, 0.2) is 0 Å². The molecule has 0 aliphatic heterocycles. The Balaban J connectivity index is 1.78. The number of rotatable bonds is 6. The van der Waals surface area contributed by atoms with Crippen molar-refractivity contribution in [1.82, 2.24) is 10.6 Å².